The highest BCUT2D eigenvalue weighted by Crippen LogP contribution is 2.17. The molecule has 6 nitrogen and oxygen atoms in total. The van der Waals surface area contributed by atoms with Gasteiger partial charge in [0.1, 0.15) is 5.82 Å². The lowest BCUT2D eigenvalue weighted by Crippen LogP contribution is -2.33. The molecule has 2 amide bonds. The number of hydrogen-bond acceptors (Lipinski definition) is 4. The number of benzene rings is 2. The lowest BCUT2D eigenvalue weighted by molar-refractivity contribution is 0.222. The molecule has 0 aliphatic heterocycles. The monoisotopic (exact) mass is 340 g/mol. The van der Waals surface area contributed by atoms with Gasteiger partial charge < -0.3 is 14.7 Å². The van der Waals surface area contributed by atoms with Gasteiger partial charge in [0.2, 0.25) is 0 Å². The van der Waals surface area contributed by atoms with Crippen LogP contribution in [0.1, 0.15) is 5.82 Å². The fraction of sp³-hybridized carbons (Fsp3) is 0.167. The summed E-state index contributed by atoms with van der Waals surface area (Å²) in [6, 6.07) is 14.8. The first-order valence-corrected chi connectivity index (χ1v) is 7.77. The number of halogens is 1. The number of likely N-dealkylation sites (N-methyl/N-ethyl adjacent to an activating group) is 1. The van der Waals surface area contributed by atoms with Crippen molar-refractivity contribution in [1.82, 2.24) is 15.0 Å². The predicted molar refractivity (Wildman–Crippen MR) is 91.5 cm³/mol. The number of anilines is 1. The maximum Gasteiger partial charge on any atom is 0.321 e. The maximum atomic E-state index is 12.9. The Kier molecular flexibility index (Phi) is 5.03. The first-order chi connectivity index (χ1) is 12.1. The third kappa shape index (κ3) is 4.41. The molecule has 0 aliphatic carbocycles. The predicted octanol–water partition coefficient (Wildman–Crippen LogP) is 3.58. The minimum absolute atomic E-state index is 0.214. The van der Waals surface area contributed by atoms with Crippen molar-refractivity contribution < 1.29 is 13.7 Å². The van der Waals surface area contributed by atoms with Crippen LogP contribution in [0.4, 0.5) is 14.9 Å². The van der Waals surface area contributed by atoms with E-state index >= 15 is 0 Å². The van der Waals surface area contributed by atoms with E-state index in [1.807, 2.05) is 30.3 Å². The zero-order valence-corrected chi connectivity index (χ0v) is 13.6. The number of aromatic nitrogens is 2. The SMILES string of the molecule is CN(CCc1noc(-c2ccc(F)cc2)n1)C(=O)Nc1ccccc1. The van der Waals surface area contributed by atoms with E-state index in [4.69, 9.17) is 4.52 Å². The number of para-hydroxylation sites is 1. The van der Waals surface area contributed by atoms with Crippen molar-refractivity contribution in [2.45, 2.75) is 6.42 Å². The zero-order chi connectivity index (χ0) is 17.6. The van der Waals surface area contributed by atoms with E-state index in [9.17, 15) is 9.18 Å². The zero-order valence-electron chi connectivity index (χ0n) is 13.6. The molecule has 7 heteroatoms. The van der Waals surface area contributed by atoms with E-state index < -0.39 is 0 Å². The van der Waals surface area contributed by atoms with E-state index in [0.717, 1.165) is 5.69 Å². The average molecular weight is 340 g/mol. The summed E-state index contributed by atoms with van der Waals surface area (Å²) < 4.78 is 18.1. The average Bonchev–Trinajstić information content (AvgIpc) is 3.10. The number of amides is 2. The molecule has 3 aromatic rings. The van der Waals surface area contributed by atoms with Crippen LogP contribution in [-0.4, -0.2) is 34.7 Å². The Morgan fingerprint density at radius 1 is 1.16 bits per heavy atom. The van der Waals surface area contributed by atoms with E-state index in [2.05, 4.69) is 15.5 Å². The van der Waals surface area contributed by atoms with Gasteiger partial charge in [0.05, 0.1) is 0 Å². The van der Waals surface area contributed by atoms with Crippen LogP contribution in [0.25, 0.3) is 11.5 Å². The molecule has 0 atom stereocenters. The van der Waals surface area contributed by atoms with Gasteiger partial charge in [0.15, 0.2) is 5.82 Å². The maximum absolute atomic E-state index is 12.9. The lowest BCUT2D eigenvalue weighted by Gasteiger charge is -2.16. The van der Waals surface area contributed by atoms with Crippen molar-refractivity contribution in [1.29, 1.82) is 0 Å². The number of nitrogens with one attached hydrogen (secondary N) is 1. The van der Waals surface area contributed by atoms with Crippen LogP contribution in [0, 0.1) is 5.82 Å². The number of nitrogens with zero attached hydrogens (tertiary/aromatic N) is 3. The van der Waals surface area contributed by atoms with Gasteiger partial charge in [-0.2, -0.15) is 4.98 Å². The summed E-state index contributed by atoms with van der Waals surface area (Å²) in [5.74, 6) is 0.486. The van der Waals surface area contributed by atoms with Crippen LogP contribution < -0.4 is 5.32 Å². The Bertz CT molecular complexity index is 834. The molecule has 3 rings (SSSR count). The topological polar surface area (TPSA) is 71.3 Å². The van der Waals surface area contributed by atoms with E-state index in [1.165, 1.54) is 12.1 Å². The minimum atomic E-state index is -0.324. The number of rotatable bonds is 5. The van der Waals surface area contributed by atoms with E-state index in [1.54, 1.807) is 24.1 Å². The largest absolute Gasteiger partial charge is 0.334 e. The standard InChI is InChI=1S/C18H17FN4O2/c1-23(18(24)20-15-5-3-2-4-6-15)12-11-16-21-17(25-22-16)13-7-9-14(19)10-8-13/h2-10H,11-12H2,1H3,(H,20,24). The van der Waals surface area contributed by atoms with Gasteiger partial charge in [-0.05, 0) is 36.4 Å². The van der Waals surface area contributed by atoms with Gasteiger partial charge in [0, 0.05) is 31.3 Å². The molecule has 2 aromatic carbocycles. The molecule has 0 saturated heterocycles. The van der Waals surface area contributed by atoms with Crippen molar-refractivity contribution in [2.75, 3.05) is 18.9 Å². The van der Waals surface area contributed by atoms with E-state index in [0.29, 0.717) is 30.2 Å². The van der Waals surface area contributed by atoms with Crippen LogP contribution in [-0.2, 0) is 6.42 Å². The van der Waals surface area contributed by atoms with Crippen LogP contribution in [0.5, 0.6) is 0 Å². The normalized spacial score (nSPS) is 10.5. The van der Waals surface area contributed by atoms with Crippen LogP contribution >= 0.6 is 0 Å². The third-order valence-corrected chi connectivity index (χ3v) is 3.60. The molecule has 1 aromatic heterocycles. The highest BCUT2D eigenvalue weighted by Gasteiger charge is 2.12. The minimum Gasteiger partial charge on any atom is -0.334 e. The fourth-order valence-electron chi connectivity index (χ4n) is 2.17. The molecule has 0 saturated carbocycles. The quantitative estimate of drug-likeness (QED) is 0.770. The number of carbonyl (C=O) groups excluding carboxylic acids is 1. The first kappa shape index (κ1) is 16.6. The van der Waals surface area contributed by atoms with Gasteiger partial charge >= 0.3 is 6.03 Å². The summed E-state index contributed by atoms with van der Waals surface area (Å²) in [6.07, 6.45) is 0.448. The molecule has 128 valence electrons. The van der Waals surface area contributed by atoms with Gasteiger partial charge in [0.25, 0.3) is 5.89 Å². The highest BCUT2D eigenvalue weighted by atomic mass is 19.1. The molecule has 0 aliphatic rings. The highest BCUT2D eigenvalue weighted by molar-refractivity contribution is 5.89. The van der Waals surface area contributed by atoms with Gasteiger partial charge in [-0.15, -0.1) is 0 Å². The molecule has 25 heavy (non-hydrogen) atoms. The lowest BCUT2D eigenvalue weighted by atomic mass is 10.2. The van der Waals surface area contributed by atoms with Crippen molar-refractivity contribution in [3.63, 3.8) is 0 Å². The van der Waals surface area contributed by atoms with Crippen LogP contribution in [0.15, 0.2) is 59.1 Å². The molecule has 0 radical (unpaired) electrons. The summed E-state index contributed by atoms with van der Waals surface area (Å²) in [5, 5.41) is 6.69. The van der Waals surface area contributed by atoms with Crippen LogP contribution in [0.3, 0.4) is 0 Å². The Balaban J connectivity index is 1.54. The third-order valence-electron chi connectivity index (χ3n) is 3.60. The Labute approximate surface area is 144 Å². The second-order valence-electron chi connectivity index (χ2n) is 5.49. The molecule has 0 unspecified atom stereocenters. The molecular formula is C18H17FN4O2. The van der Waals surface area contributed by atoms with Gasteiger partial charge in [-0.1, -0.05) is 23.4 Å². The number of hydrogen-bond donors (Lipinski definition) is 1. The molecule has 0 fully saturated rings. The number of carbonyl (C=O) groups is 1. The molecular weight excluding hydrogens is 323 g/mol. The van der Waals surface area contributed by atoms with E-state index in [-0.39, 0.29) is 11.8 Å². The summed E-state index contributed by atoms with van der Waals surface area (Å²) in [6.45, 7) is 0.432. The van der Waals surface area contributed by atoms with Crippen molar-refractivity contribution in [2.24, 2.45) is 0 Å². The fourth-order valence-corrected chi connectivity index (χ4v) is 2.17. The summed E-state index contributed by atoms with van der Waals surface area (Å²) in [5.41, 5.74) is 1.38. The Morgan fingerprint density at radius 3 is 2.60 bits per heavy atom. The van der Waals surface area contributed by atoms with Crippen molar-refractivity contribution in [3.8, 4) is 11.5 Å². The molecule has 0 spiro atoms. The first-order valence-electron chi connectivity index (χ1n) is 7.77. The second kappa shape index (κ2) is 7.57. The molecule has 1 heterocycles. The molecule has 1 N–H and O–H groups in total. The second-order valence-corrected chi connectivity index (χ2v) is 5.49. The smallest absolute Gasteiger partial charge is 0.321 e. The van der Waals surface area contributed by atoms with Crippen LogP contribution in [0.2, 0.25) is 0 Å². The van der Waals surface area contributed by atoms with Gasteiger partial charge in [-0.25, -0.2) is 9.18 Å². The number of urea groups is 1. The summed E-state index contributed by atoms with van der Waals surface area (Å²) in [7, 11) is 1.69. The Morgan fingerprint density at radius 2 is 1.88 bits per heavy atom. The summed E-state index contributed by atoms with van der Waals surface area (Å²) in [4.78, 5) is 17.9. The van der Waals surface area contributed by atoms with Crippen molar-refractivity contribution in [3.05, 3.63) is 66.2 Å². The molecule has 0 bridgehead atoms. The Hall–Kier alpha value is -3.22. The summed E-state index contributed by atoms with van der Waals surface area (Å²) >= 11 is 0. The van der Waals surface area contributed by atoms with Crippen molar-refractivity contribution >= 4 is 11.7 Å². The van der Waals surface area contributed by atoms with Gasteiger partial charge in [-0.3, -0.25) is 0 Å².